The third kappa shape index (κ3) is 2.58. The molecule has 0 aromatic carbocycles. The van der Waals surface area contributed by atoms with E-state index in [0.29, 0.717) is 12.0 Å². The minimum absolute atomic E-state index is 0.546. The molecule has 3 aliphatic carbocycles. The third-order valence-corrected chi connectivity index (χ3v) is 6.16. The van der Waals surface area contributed by atoms with Crippen LogP contribution in [0.5, 0.6) is 0 Å². The zero-order valence-electron chi connectivity index (χ0n) is 12.9. The van der Waals surface area contributed by atoms with E-state index in [-0.39, 0.29) is 0 Å². The van der Waals surface area contributed by atoms with Gasteiger partial charge in [0.1, 0.15) is 0 Å². The highest BCUT2D eigenvalue weighted by molar-refractivity contribution is 5.06. The molecule has 19 heavy (non-hydrogen) atoms. The lowest BCUT2D eigenvalue weighted by Gasteiger charge is -2.36. The van der Waals surface area contributed by atoms with E-state index >= 15 is 0 Å². The van der Waals surface area contributed by atoms with Crippen LogP contribution in [-0.4, -0.2) is 25.3 Å². The predicted molar refractivity (Wildman–Crippen MR) is 79.1 cm³/mol. The highest BCUT2D eigenvalue weighted by Gasteiger charge is 2.53. The Morgan fingerprint density at radius 2 is 1.89 bits per heavy atom. The van der Waals surface area contributed by atoms with Crippen molar-refractivity contribution in [1.82, 2.24) is 5.32 Å². The molecule has 0 heterocycles. The first-order valence-electron chi connectivity index (χ1n) is 8.54. The summed E-state index contributed by atoms with van der Waals surface area (Å²) < 4.78 is 5.67. The normalized spacial score (nSPS) is 42.0. The van der Waals surface area contributed by atoms with Gasteiger partial charge in [0.05, 0.1) is 6.61 Å². The SMILES string of the molecule is CCOCC(NC1CC2CC1C1CCCC21)C(C)C. The molecule has 2 nitrogen and oxygen atoms in total. The topological polar surface area (TPSA) is 21.3 Å². The summed E-state index contributed by atoms with van der Waals surface area (Å²) in [6, 6.07) is 1.33. The van der Waals surface area contributed by atoms with E-state index in [4.69, 9.17) is 4.74 Å². The Balaban J connectivity index is 1.58. The highest BCUT2D eigenvalue weighted by atomic mass is 16.5. The van der Waals surface area contributed by atoms with Crippen LogP contribution < -0.4 is 5.32 Å². The molecular weight excluding hydrogens is 234 g/mol. The molecule has 0 aromatic heterocycles. The molecule has 3 rings (SSSR count). The number of rotatable bonds is 6. The van der Waals surface area contributed by atoms with E-state index in [0.717, 1.165) is 42.9 Å². The summed E-state index contributed by atoms with van der Waals surface area (Å²) in [5.74, 6) is 4.88. The maximum Gasteiger partial charge on any atom is 0.0622 e. The van der Waals surface area contributed by atoms with E-state index in [9.17, 15) is 0 Å². The first-order valence-corrected chi connectivity index (χ1v) is 8.54. The lowest BCUT2D eigenvalue weighted by molar-refractivity contribution is 0.0919. The van der Waals surface area contributed by atoms with Crippen LogP contribution in [-0.2, 0) is 4.74 Å². The molecule has 1 N–H and O–H groups in total. The number of nitrogens with one attached hydrogen (secondary N) is 1. The lowest BCUT2D eigenvalue weighted by atomic mass is 9.78. The van der Waals surface area contributed by atoms with Crippen molar-refractivity contribution in [2.45, 2.75) is 65.0 Å². The molecule has 0 radical (unpaired) electrons. The number of hydrogen-bond donors (Lipinski definition) is 1. The summed E-state index contributed by atoms with van der Waals surface area (Å²) in [5, 5.41) is 3.97. The van der Waals surface area contributed by atoms with Gasteiger partial charge in [0.15, 0.2) is 0 Å². The van der Waals surface area contributed by atoms with Crippen molar-refractivity contribution < 1.29 is 4.74 Å². The molecule has 2 bridgehead atoms. The van der Waals surface area contributed by atoms with Gasteiger partial charge in [-0.05, 0) is 62.2 Å². The quantitative estimate of drug-likeness (QED) is 0.794. The third-order valence-electron chi connectivity index (χ3n) is 6.16. The van der Waals surface area contributed by atoms with Gasteiger partial charge in [0.2, 0.25) is 0 Å². The number of ether oxygens (including phenoxy) is 1. The van der Waals surface area contributed by atoms with Gasteiger partial charge in [-0.15, -0.1) is 0 Å². The molecule has 2 heteroatoms. The van der Waals surface area contributed by atoms with Gasteiger partial charge in [-0.2, -0.15) is 0 Å². The Hall–Kier alpha value is -0.0800. The van der Waals surface area contributed by atoms with Crippen molar-refractivity contribution in [1.29, 1.82) is 0 Å². The van der Waals surface area contributed by atoms with Crippen LogP contribution in [0.25, 0.3) is 0 Å². The van der Waals surface area contributed by atoms with Gasteiger partial charge in [0, 0.05) is 18.7 Å². The highest BCUT2D eigenvalue weighted by Crippen LogP contribution is 2.58. The van der Waals surface area contributed by atoms with Crippen LogP contribution in [0, 0.1) is 29.6 Å². The van der Waals surface area contributed by atoms with Crippen LogP contribution in [0.4, 0.5) is 0 Å². The second-order valence-electron chi connectivity index (χ2n) is 7.44. The van der Waals surface area contributed by atoms with Gasteiger partial charge in [0.25, 0.3) is 0 Å². The number of hydrogen-bond acceptors (Lipinski definition) is 2. The van der Waals surface area contributed by atoms with Crippen molar-refractivity contribution in [3.05, 3.63) is 0 Å². The first kappa shape index (κ1) is 13.9. The van der Waals surface area contributed by atoms with Crippen LogP contribution in [0.3, 0.4) is 0 Å². The number of fused-ring (bicyclic) bond motifs is 5. The van der Waals surface area contributed by atoms with Crippen molar-refractivity contribution >= 4 is 0 Å². The van der Waals surface area contributed by atoms with Gasteiger partial charge < -0.3 is 10.1 Å². The zero-order valence-corrected chi connectivity index (χ0v) is 12.9. The average Bonchev–Trinajstić information content (AvgIpc) is 3.05. The summed E-state index contributed by atoms with van der Waals surface area (Å²) in [5.41, 5.74) is 0. The smallest absolute Gasteiger partial charge is 0.0622 e. The fourth-order valence-corrected chi connectivity index (χ4v) is 5.21. The summed E-state index contributed by atoms with van der Waals surface area (Å²) in [6.45, 7) is 8.46. The zero-order chi connectivity index (χ0) is 13.4. The maximum absolute atomic E-state index is 5.67. The molecule has 3 aliphatic rings. The average molecular weight is 265 g/mol. The minimum Gasteiger partial charge on any atom is -0.380 e. The molecule has 6 atom stereocenters. The second kappa shape index (κ2) is 5.73. The van der Waals surface area contributed by atoms with Gasteiger partial charge in [-0.3, -0.25) is 0 Å². The Bertz CT molecular complexity index is 304. The molecule has 0 aromatic rings. The first-order chi connectivity index (χ1) is 9.20. The Labute approximate surface area is 118 Å². The molecule has 0 amide bonds. The van der Waals surface area contributed by atoms with Gasteiger partial charge >= 0.3 is 0 Å². The van der Waals surface area contributed by atoms with Crippen molar-refractivity contribution in [3.63, 3.8) is 0 Å². The van der Waals surface area contributed by atoms with Crippen molar-refractivity contribution in [2.75, 3.05) is 13.2 Å². The van der Waals surface area contributed by atoms with Crippen LogP contribution >= 0.6 is 0 Å². The van der Waals surface area contributed by atoms with Gasteiger partial charge in [-0.25, -0.2) is 0 Å². The van der Waals surface area contributed by atoms with Crippen molar-refractivity contribution in [2.24, 2.45) is 29.6 Å². The van der Waals surface area contributed by atoms with E-state index in [1.54, 1.807) is 0 Å². The summed E-state index contributed by atoms with van der Waals surface area (Å²) in [4.78, 5) is 0. The Morgan fingerprint density at radius 1 is 1.11 bits per heavy atom. The largest absolute Gasteiger partial charge is 0.380 e. The van der Waals surface area contributed by atoms with Crippen LogP contribution in [0.2, 0.25) is 0 Å². The molecule has 6 unspecified atom stereocenters. The van der Waals surface area contributed by atoms with E-state index in [1.807, 2.05) is 0 Å². The predicted octanol–water partition coefficient (Wildman–Crippen LogP) is 3.46. The summed E-state index contributed by atoms with van der Waals surface area (Å²) in [7, 11) is 0. The van der Waals surface area contributed by atoms with E-state index in [2.05, 4.69) is 26.1 Å². The lowest BCUT2D eigenvalue weighted by Crippen LogP contribution is -2.48. The summed E-state index contributed by atoms with van der Waals surface area (Å²) in [6.07, 6.45) is 7.52. The monoisotopic (exact) mass is 265 g/mol. The van der Waals surface area contributed by atoms with Gasteiger partial charge in [-0.1, -0.05) is 20.3 Å². The Kier molecular flexibility index (Phi) is 4.19. The minimum atomic E-state index is 0.546. The standard InChI is InChI=1S/C17H31NO/c1-4-19-10-17(11(2)3)18-16-9-12-8-15(16)14-7-5-6-13(12)14/h11-18H,4-10H2,1-3H3. The molecule has 0 aliphatic heterocycles. The van der Waals surface area contributed by atoms with Crippen LogP contribution in [0.15, 0.2) is 0 Å². The molecule has 0 saturated heterocycles. The van der Waals surface area contributed by atoms with Crippen molar-refractivity contribution in [3.8, 4) is 0 Å². The van der Waals surface area contributed by atoms with E-state index < -0.39 is 0 Å². The Morgan fingerprint density at radius 3 is 2.63 bits per heavy atom. The summed E-state index contributed by atoms with van der Waals surface area (Å²) >= 11 is 0. The molecule has 0 spiro atoms. The van der Waals surface area contributed by atoms with E-state index in [1.165, 1.54) is 32.1 Å². The molecule has 110 valence electrons. The second-order valence-corrected chi connectivity index (χ2v) is 7.44. The molecule has 3 saturated carbocycles. The fourth-order valence-electron chi connectivity index (χ4n) is 5.21. The fraction of sp³-hybridized carbons (Fsp3) is 1.00. The molecular formula is C17H31NO. The van der Waals surface area contributed by atoms with Crippen LogP contribution in [0.1, 0.15) is 52.9 Å². The maximum atomic E-state index is 5.67. The molecule has 3 fully saturated rings.